The molecule has 1 fully saturated rings. The van der Waals surface area contributed by atoms with Gasteiger partial charge < -0.3 is 44.5 Å². The quantitative estimate of drug-likeness (QED) is 0.204. The van der Waals surface area contributed by atoms with Crippen LogP contribution in [-0.2, 0) is 23.8 Å². The molecule has 0 amide bonds. The molecule has 0 radical (unpaired) electrons. The number of fused-ring (bicyclic) bond motifs is 1. The number of hydrogen-bond donors (Lipinski definition) is 5. The van der Waals surface area contributed by atoms with Crippen molar-refractivity contribution in [3.8, 4) is 5.75 Å². The van der Waals surface area contributed by atoms with Crippen molar-refractivity contribution >= 4 is 23.8 Å². The highest BCUT2D eigenvalue weighted by molar-refractivity contribution is 5.95. The molecule has 2 aliphatic rings. The van der Waals surface area contributed by atoms with Crippen molar-refractivity contribution in [3.05, 3.63) is 35.4 Å². The smallest absolute Gasteiger partial charge is 0.308 e. The van der Waals surface area contributed by atoms with Gasteiger partial charge in [0.05, 0.1) is 25.0 Å². The average molecular weight is 525 g/mol. The fourth-order valence-electron chi connectivity index (χ4n) is 3.98. The molecule has 1 aromatic rings. The molecule has 5 N–H and O–H groups in total. The Bertz CT molecular complexity index is 1050. The van der Waals surface area contributed by atoms with Crippen molar-refractivity contribution < 1.29 is 58.9 Å². The van der Waals surface area contributed by atoms with Crippen LogP contribution in [0.5, 0.6) is 5.75 Å². The van der Waals surface area contributed by atoms with E-state index >= 15 is 0 Å². The Hall–Kier alpha value is -2.87. The topological polar surface area (TPSA) is 189 Å². The Morgan fingerprint density at radius 1 is 1.11 bits per heavy atom. The predicted octanol–water partition coefficient (Wildman–Crippen LogP) is 0.0367. The summed E-state index contributed by atoms with van der Waals surface area (Å²) < 4.78 is 22.2. The van der Waals surface area contributed by atoms with Crippen molar-refractivity contribution in [3.63, 3.8) is 0 Å². The number of esters is 1. The summed E-state index contributed by atoms with van der Waals surface area (Å²) in [5, 5.41) is 49.7. The van der Waals surface area contributed by atoms with Gasteiger partial charge in [-0.05, 0) is 45.0 Å². The van der Waals surface area contributed by atoms with Crippen LogP contribution in [0.2, 0.25) is 0 Å². The molecule has 37 heavy (non-hydrogen) atoms. The molecule has 0 aromatic heterocycles. The Labute approximate surface area is 213 Å². The Balaban J connectivity index is 1.59. The number of aliphatic hydroxyl groups is 4. The molecule has 0 aliphatic carbocycles. The molecule has 12 nitrogen and oxygen atoms in total. The summed E-state index contributed by atoms with van der Waals surface area (Å²) in [5.41, 5.74) is -1.59. The van der Waals surface area contributed by atoms with Crippen molar-refractivity contribution in [2.24, 2.45) is 0 Å². The zero-order valence-electron chi connectivity index (χ0n) is 20.7. The lowest BCUT2D eigenvalue weighted by Gasteiger charge is -2.41. The third-order valence-corrected chi connectivity index (χ3v) is 6.04. The average Bonchev–Trinajstić information content (AvgIpc) is 2.79. The maximum Gasteiger partial charge on any atom is 0.308 e. The standard InChI is InChI=1S/C25H32O12/c1-13(26)14-4-5-16-15(8-14)6-7-25(3,37-16)12-35-23-22(32)21(31)20(30)17(36-23)11-34-19(29)10-24(2,33)9-18(27)28/h4-8,17,20-23,30-33H,9-12H2,1-3H3,(H,27,28). The molecule has 2 aliphatic heterocycles. The molecule has 0 spiro atoms. The lowest BCUT2D eigenvalue weighted by atomic mass is 9.97. The second-order valence-corrected chi connectivity index (χ2v) is 9.81. The zero-order chi connectivity index (χ0) is 27.5. The van der Waals surface area contributed by atoms with Crippen LogP contribution in [0.4, 0.5) is 0 Å². The van der Waals surface area contributed by atoms with Gasteiger partial charge in [0.1, 0.15) is 42.4 Å². The molecule has 1 aromatic carbocycles. The van der Waals surface area contributed by atoms with Crippen molar-refractivity contribution in [2.45, 2.75) is 75.5 Å². The van der Waals surface area contributed by atoms with E-state index in [0.717, 1.165) is 0 Å². The summed E-state index contributed by atoms with van der Waals surface area (Å²) in [5.74, 6) is -1.80. The maximum atomic E-state index is 12.1. The van der Waals surface area contributed by atoms with Gasteiger partial charge in [-0.1, -0.05) is 6.08 Å². The van der Waals surface area contributed by atoms with Gasteiger partial charge in [-0.3, -0.25) is 14.4 Å². The Kier molecular flexibility index (Phi) is 8.73. The molecule has 12 heteroatoms. The number of carbonyl (C=O) groups excluding carboxylic acids is 2. The molecule has 3 rings (SSSR count). The highest BCUT2D eigenvalue weighted by Gasteiger charge is 2.46. The number of ketones is 1. The third-order valence-electron chi connectivity index (χ3n) is 6.04. The van der Waals surface area contributed by atoms with Crippen LogP contribution in [0.15, 0.2) is 24.3 Å². The SMILES string of the molecule is CC(=O)c1ccc2c(c1)C=CC(C)(COC1OC(COC(=O)CC(C)(O)CC(=O)O)C(O)C(O)C1O)O2. The first kappa shape index (κ1) is 28.7. The van der Waals surface area contributed by atoms with Crippen LogP contribution in [0.25, 0.3) is 6.08 Å². The minimum Gasteiger partial charge on any atom is -0.481 e. The van der Waals surface area contributed by atoms with Crippen molar-refractivity contribution in [1.82, 2.24) is 0 Å². The lowest BCUT2D eigenvalue weighted by Crippen LogP contribution is -2.60. The highest BCUT2D eigenvalue weighted by Crippen LogP contribution is 2.33. The van der Waals surface area contributed by atoms with Gasteiger partial charge in [-0.25, -0.2) is 0 Å². The highest BCUT2D eigenvalue weighted by atomic mass is 16.7. The van der Waals surface area contributed by atoms with Gasteiger partial charge >= 0.3 is 11.9 Å². The number of hydrogen-bond acceptors (Lipinski definition) is 11. The van der Waals surface area contributed by atoms with E-state index in [1.807, 2.05) is 0 Å². The first-order valence-corrected chi connectivity index (χ1v) is 11.6. The van der Waals surface area contributed by atoms with E-state index in [9.17, 15) is 34.8 Å². The van der Waals surface area contributed by atoms with E-state index in [0.29, 0.717) is 16.9 Å². The van der Waals surface area contributed by atoms with Crippen LogP contribution in [0.1, 0.15) is 49.5 Å². The number of aliphatic hydroxyl groups excluding tert-OH is 3. The lowest BCUT2D eigenvalue weighted by molar-refractivity contribution is -0.306. The van der Waals surface area contributed by atoms with Crippen molar-refractivity contribution in [1.29, 1.82) is 0 Å². The van der Waals surface area contributed by atoms with Gasteiger partial charge in [0.2, 0.25) is 0 Å². The van der Waals surface area contributed by atoms with Gasteiger partial charge in [-0.15, -0.1) is 0 Å². The van der Waals surface area contributed by atoms with Gasteiger partial charge in [-0.2, -0.15) is 0 Å². The van der Waals surface area contributed by atoms with Crippen molar-refractivity contribution in [2.75, 3.05) is 13.2 Å². The molecule has 7 unspecified atom stereocenters. The predicted molar refractivity (Wildman–Crippen MR) is 126 cm³/mol. The summed E-state index contributed by atoms with van der Waals surface area (Å²) in [4.78, 5) is 34.4. The number of carboxylic acids is 1. The minimum absolute atomic E-state index is 0.0806. The number of benzene rings is 1. The first-order chi connectivity index (χ1) is 17.2. The van der Waals surface area contributed by atoms with E-state index in [1.165, 1.54) is 13.8 Å². The Morgan fingerprint density at radius 3 is 2.46 bits per heavy atom. The first-order valence-electron chi connectivity index (χ1n) is 11.6. The summed E-state index contributed by atoms with van der Waals surface area (Å²) in [6.07, 6.45) is -5.43. The summed E-state index contributed by atoms with van der Waals surface area (Å²) in [6.45, 7) is 3.67. The molecule has 0 bridgehead atoms. The largest absolute Gasteiger partial charge is 0.481 e. The Morgan fingerprint density at radius 2 is 1.81 bits per heavy atom. The van der Waals surface area contributed by atoms with Crippen LogP contribution in [0.3, 0.4) is 0 Å². The van der Waals surface area contributed by atoms with Crippen LogP contribution in [0, 0.1) is 0 Å². The van der Waals surface area contributed by atoms with Crippen LogP contribution >= 0.6 is 0 Å². The second-order valence-electron chi connectivity index (χ2n) is 9.81. The molecule has 7 atom stereocenters. The molecule has 2 heterocycles. The number of carboxylic acid groups (broad SMARTS) is 1. The molecule has 0 saturated carbocycles. The molecule has 204 valence electrons. The number of carbonyl (C=O) groups is 3. The summed E-state index contributed by atoms with van der Waals surface area (Å²) in [7, 11) is 0. The fraction of sp³-hybridized carbons (Fsp3) is 0.560. The fourth-order valence-corrected chi connectivity index (χ4v) is 3.98. The third kappa shape index (κ3) is 7.34. The molecular formula is C25H32O12. The summed E-state index contributed by atoms with van der Waals surface area (Å²) in [6, 6.07) is 5.01. The molecule has 1 saturated heterocycles. The maximum absolute atomic E-state index is 12.1. The number of rotatable bonds is 10. The number of ether oxygens (including phenoxy) is 4. The van der Waals surface area contributed by atoms with E-state index < -0.39 is 73.3 Å². The number of aliphatic carboxylic acids is 1. The van der Waals surface area contributed by atoms with Crippen LogP contribution < -0.4 is 4.74 Å². The van der Waals surface area contributed by atoms with E-state index in [-0.39, 0.29) is 12.4 Å². The van der Waals surface area contributed by atoms with Gasteiger partial charge in [0.25, 0.3) is 0 Å². The summed E-state index contributed by atoms with van der Waals surface area (Å²) >= 11 is 0. The minimum atomic E-state index is -1.84. The molecular weight excluding hydrogens is 492 g/mol. The van der Waals surface area contributed by atoms with E-state index in [4.69, 9.17) is 24.1 Å². The zero-order valence-corrected chi connectivity index (χ0v) is 20.7. The van der Waals surface area contributed by atoms with E-state index in [1.54, 1.807) is 37.3 Å². The monoisotopic (exact) mass is 524 g/mol. The second kappa shape index (κ2) is 11.3. The van der Waals surface area contributed by atoms with E-state index in [2.05, 4.69) is 0 Å². The van der Waals surface area contributed by atoms with Crippen LogP contribution in [-0.4, -0.2) is 98.4 Å². The normalized spacial score (nSPS) is 30.5. The van der Waals surface area contributed by atoms with Gasteiger partial charge in [0.15, 0.2) is 12.1 Å². The number of Topliss-reactive ketones (excluding diaryl/α,β-unsaturated/α-hetero) is 1. The van der Waals surface area contributed by atoms with Gasteiger partial charge in [0, 0.05) is 11.1 Å².